The number of aromatic hydroxyl groups is 2. The van der Waals surface area contributed by atoms with Crippen molar-refractivity contribution in [3.63, 3.8) is 0 Å². The van der Waals surface area contributed by atoms with Crippen molar-refractivity contribution in [3.05, 3.63) is 332 Å². The third-order valence-electron chi connectivity index (χ3n) is 30.0. The van der Waals surface area contributed by atoms with Crippen molar-refractivity contribution in [2.24, 2.45) is 23.7 Å². The van der Waals surface area contributed by atoms with Crippen LogP contribution in [0.1, 0.15) is 270 Å². The van der Waals surface area contributed by atoms with Crippen molar-refractivity contribution >= 4 is 143 Å². The van der Waals surface area contributed by atoms with Crippen LogP contribution in [-0.4, -0.2) is 33.8 Å². The Bertz CT molecular complexity index is 7280. The molecule has 136 heavy (non-hydrogen) atoms. The molecule has 0 radical (unpaired) electrons. The van der Waals surface area contributed by atoms with Crippen LogP contribution in [0.5, 0.6) is 57.5 Å². The Labute approximate surface area is 793 Å². The van der Waals surface area contributed by atoms with Gasteiger partial charge in [-0.05, 0) is 275 Å². The third kappa shape index (κ3) is 13.0. The molecule has 2 heterocycles. The van der Waals surface area contributed by atoms with Gasteiger partial charge < -0.3 is 29.2 Å². The largest absolute Gasteiger partial charge is 0.508 e. The molecule has 0 fully saturated rings. The summed E-state index contributed by atoms with van der Waals surface area (Å²) < 4.78 is 29.5. The Morgan fingerprint density at radius 3 is 0.654 bits per heavy atom. The van der Waals surface area contributed by atoms with Crippen molar-refractivity contribution in [3.8, 4) is 57.5 Å². The highest BCUT2D eigenvalue weighted by Crippen LogP contribution is 2.62. The summed E-state index contributed by atoms with van der Waals surface area (Å²) in [7, 11) is 0. The molecule has 0 saturated carbocycles. The number of rotatable bonds is 14. The number of carbonyl (C=O) groups is 4. The van der Waals surface area contributed by atoms with Crippen LogP contribution in [0.4, 0.5) is 11.4 Å². The second kappa shape index (κ2) is 30.1. The molecule has 12 heteroatoms. The highest BCUT2D eigenvalue weighted by atomic mass is 16.5. The van der Waals surface area contributed by atoms with Crippen molar-refractivity contribution in [1.82, 2.24) is 0 Å². The highest BCUT2D eigenvalue weighted by Gasteiger charge is 2.46. The molecule has 0 saturated heterocycles. The van der Waals surface area contributed by atoms with Gasteiger partial charge in [-0.15, -0.1) is 0 Å². The topological polar surface area (TPSA) is 152 Å². The first kappa shape index (κ1) is 85.8. The van der Waals surface area contributed by atoms with Gasteiger partial charge in [0.05, 0.1) is 33.6 Å². The fourth-order valence-electron chi connectivity index (χ4n) is 23.0. The number of nitrogens with zero attached hydrogens (tertiary/aromatic N) is 2. The lowest BCUT2D eigenvalue weighted by molar-refractivity contribution is 0.0877. The summed E-state index contributed by atoms with van der Waals surface area (Å²) >= 11 is 0. The Kier molecular flexibility index (Phi) is 19.0. The van der Waals surface area contributed by atoms with Crippen LogP contribution in [0.2, 0.25) is 0 Å². The first-order valence-corrected chi connectivity index (χ1v) is 48.2. The number of imide groups is 2. The van der Waals surface area contributed by atoms with E-state index in [1.807, 2.05) is 128 Å². The lowest BCUT2D eigenvalue weighted by Gasteiger charge is -2.33. The molecule has 12 nitrogen and oxygen atoms in total. The minimum atomic E-state index is -0.485. The van der Waals surface area contributed by atoms with Gasteiger partial charge >= 0.3 is 0 Å². The average molecular weight is 1790 g/mol. The van der Waals surface area contributed by atoms with E-state index in [1.54, 1.807) is 24.3 Å². The summed E-state index contributed by atoms with van der Waals surface area (Å²) in [4.78, 5) is 67.9. The number of allylic oxidation sites excluding steroid dienone is 12. The van der Waals surface area contributed by atoms with Crippen molar-refractivity contribution in [2.45, 2.75) is 184 Å². The molecule has 16 aromatic carbocycles. The molecule has 16 aromatic rings. The van der Waals surface area contributed by atoms with Gasteiger partial charge in [-0.2, -0.15) is 0 Å². The number of carbonyl (C=O) groups excluding carboxylic acids is 4. The van der Waals surface area contributed by atoms with Crippen molar-refractivity contribution < 1.29 is 48.3 Å². The van der Waals surface area contributed by atoms with Crippen LogP contribution in [0.3, 0.4) is 0 Å². The molecule has 0 bridgehead atoms. The van der Waals surface area contributed by atoms with Gasteiger partial charge in [-0.3, -0.25) is 19.2 Å². The predicted octanol–water partition coefficient (Wildman–Crippen LogP) is 32.5. The smallest absolute Gasteiger partial charge is 0.266 e. The van der Waals surface area contributed by atoms with Gasteiger partial charge in [0.1, 0.15) is 57.5 Å². The summed E-state index contributed by atoms with van der Waals surface area (Å²) in [5.41, 5.74) is 18.1. The number of hydrogen-bond acceptors (Lipinski definition) is 10. The van der Waals surface area contributed by atoms with E-state index in [-0.39, 0.29) is 80.5 Å². The second-order valence-corrected chi connectivity index (χ2v) is 44.2. The van der Waals surface area contributed by atoms with E-state index in [4.69, 9.17) is 18.9 Å². The third-order valence-corrected chi connectivity index (χ3v) is 30.0. The summed E-state index contributed by atoms with van der Waals surface area (Å²) in [6, 6.07) is 65.1. The Balaban J connectivity index is 0.682. The number of anilines is 2. The minimum Gasteiger partial charge on any atom is -0.508 e. The van der Waals surface area contributed by atoms with Gasteiger partial charge in [-0.25, -0.2) is 9.80 Å². The van der Waals surface area contributed by atoms with E-state index in [0.29, 0.717) is 123 Å². The molecule has 0 aromatic heterocycles. The summed E-state index contributed by atoms with van der Waals surface area (Å²) in [6.45, 7) is 42.5. The van der Waals surface area contributed by atoms with Crippen molar-refractivity contribution in [1.29, 1.82) is 0 Å². The number of phenolic OH excluding ortho intramolecular Hbond substituents is 2. The number of hydrogen-bond donors (Lipinski definition) is 2. The summed E-state index contributed by atoms with van der Waals surface area (Å²) in [6.07, 6.45) is 19.7. The molecule has 4 amide bonds. The van der Waals surface area contributed by atoms with E-state index in [9.17, 15) is 10.2 Å². The zero-order chi connectivity index (χ0) is 94.9. The minimum absolute atomic E-state index is 0.0136. The van der Waals surface area contributed by atoms with Gasteiger partial charge in [0.15, 0.2) is 0 Å². The summed E-state index contributed by atoms with van der Waals surface area (Å²) in [5, 5.41) is 36.1. The second-order valence-electron chi connectivity index (χ2n) is 44.2. The van der Waals surface area contributed by atoms with Gasteiger partial charge in [0, 0.05) is 66.8 Å². The molecule has 4 atom stereocenters. The van der Waals surface area contributed by atoms with Gasteiger partial charge in [0.25, 0.3) is 23.6 Å². The van der Waals surface area contributed by atoms with E-state index >= 15 is 19.2 Å². The normalized spacial score (nSPS) is 17.9. The SMILES string of the molecule is CC(C)c1cc(O)cc(C(C)C)c1N1C(=O)c2cc(Oc3ccc(C(C)(C)C)cc3)c3c4ccc5c6c(ccc(c7c(Oc8ccc(C(C)(C)C)cc8)cc(c2c37)C1=O)c64)C1=C[C@@H]2/C=C\[C@@H]3C=C4C(=CC3/C=C\C2C=C15)c1ccc2c3c(Oc5ccc(C(C)(C)C)cc5)cc5c6c(cc(Oc7ccc(C(C)(C)C)cc7)c(c7ccc4c1c27)c63)C(=O)N(c1c(C(C)C)cc(O)cc1C(C)C)C5=O. The highest BCUT2D eigenvalue weighted by molar-refractivity contribution is 6.48. The Morgan fingerprint density at radius 1 is 0.250 bits per heavy atom. The maximum Gasteiger partial charge on any atom is 0.266 e. The molecular weight excluding hydrogens is 1680 g/mol. The van der Waals surface area contributed by atoms with E-state index < -0.39 is 23.6 Å². The first-order chi connectivity index (χ1) is 64.7. The van der Waals surface area contributed by atoms with Gasteiger partial charge in [0.2, 0.25) is 0 Å². The standard InChI is InChI=1S/C124H110N2O10/c1-61(2)87-53-73(127)54-88(62(3)4)115(87)125-117(129)95-57-99(133-75-33-25-69(26-34-75)121(9,10)11)109-83-45-41-79-91-49-65-21-23-67-51-93-81-43-47-85-106-86(48-44-82(104(81)106)94(93)52-68(67)24-22-66(65)50-92(91)80-42-46-84(105(83)103(79)80)110-100(58-96(118(125)130)107(95)113(109)110)134-76-35-27-70(28-36-76)122(12,13)14)112-102(136-78-39-31-72(32-40-78)124(18,19)20)60-98-108-97(59-101(111(85)114(108)112)135-77-37-29-71(30-38-77)123(15,16)17)119(131)126(120(98)132)116-89(63(5)6)55-74(128)56-90(116)64(7)8/h21-68,127-128H,1-20H3/b23-21-,24-22-/t65-,66?,67+,68?. The average Bonchev–Trinajstić information content (AvgIpc) is 0.836. The van der Waals surface area contributed by atoms with Crippen molar-refractivity contribution in [2.75, 3.05) is 9.80 Å². The molecular formula is C124H110N2O10. The maximum absolute atomic E-state index is 16.3. The van der Waals surface area contributed by atoms with E-state index in [1.165, 1.54) is 9.80 Å². The number of benzene rings is 16. The molecule has 7 aliphatic rings. The Morgan fingerprint density at radius 2 is 0.456 bits per heavy atom. The first-order valence-electron chi connectivity index (χ1n) is 48.2. The molecule has 2 aliphatic heterocycles. The molecule has 23 rings (SSSR count). The molecule has 0 spiro atoms. The fourth-order valence-corrected chi connectivity index (χ4v) is 23.0. The predicted molar refractivity (Wildman–Crippen MR) is 555 cm³/mol. The molecule has 2 unspecified atom stereocenters. The Hall–Kier alpha value is -14.4. The van der Waals surface area contributed by atoms with E-state index in [0.717, 1.165) is 131 Å². The molecule has 676 valence electrons. The number of ether oxygens (including phenoxy) is 4. The van der Waals surface area contributed by atoms with Crippen LogP contribution in [0, 0.1) is 23.7 Å². The zero-order valence-corrected chi connectivity index (χ0v) is 80.8. The number of amides is 4. The van der Waals surface area contributed by atoms with Crippen LogP contribution < -0.4 is 28.7 Å². The fraction of sp³-hybridized carbons (Fsp3) is 0.258. The van der Waals surface area contributed by atoms with Crippen LogP contribution in [0.25, 0.3) is 108 Å². The molecule has 5 aliphatic carbocycles. The number of phenols is 2. The monoisotopic (exact) mass is 1790 g/mol. The van der Waals surface area contributed by atoms with Crippen LogP contribution >= 0.6 is 0 Å². The maximum atomic E-state index is 16.3. The lowest BCUT2D eigenvalue weighted by atomic mass is 9.75. The van der Waals surface area contributed by atoms with Gasteiger partial charge in [-0.1, -0.05) is 284 Å². The quantitative estimate of drug-likeness (QED) is 0.0466. The van der Waals surface area contributed by atoms with Crippen LogP contribution in [0.15, 0.2) is 243 Å². The van der Waals surface area contributed by atoms with E-state index in [2.05, 4.69) is 229 Å². The van der Waals surface area contributed by atoms with Crippen LogP contribution in [-0.2, 0) is 21.7 Å². The molecule has 2 N–H and O–H groups in total. The zero-order valence-electron chi connectivity index (χ0n) is 80.8. The summed E-state index contributed by atoms with van der Waals surface area (Å²) in [5.74, 6) is 1.63. The number of fused-ring (bicyclic) bond motifs is 12. The lowest BCUT2D eigenvalue weighted by Crippen LogP contribution is -2.42.